The van der Waals surface area contributed by atoms with Gasteiger partial charge in [0.15, 0.2) is 0 Å². The predicted octanol–water partition coefficient (Wildman–Crippen LogP) is 2.98. The molecule has 0 aromatic heterocycles. The van der Waals surface area contributed by atoms with Crippen LogP contribution in [0.3, 0.4) is 0 Å². The third-order valence-electron chi connectivity index (χ3n) is 3.25. The van der Waals surface area contributed by atoms with E-state index in [0.29, 0.717) is 31.4 Å². The molecule has 0 saturated carbocycles. The molecule has 0 saturated heterocycles. The van der Waals surface area contributed by atoms with Gasteiger partial charge in [-0.3, -0.25) is 14.9 Å². The van der Waals surface area contributed by atoms with E-state index in [-0.39, 0.29) is 23.7 Å². The summed E-state index contributed by atoms with van der Waals surface area (Å²) >= 11 is 5.81. The van der Waals surface area contributed by atoms with Crippen molar-refractivity contribution in [3.05, 3.63) is 46.9 Å². The van der Waals surface area contributed by atoms with E-state index >= 15 is 0 Å². The fraction of sp³-hybridized carbons (Fsp3) is 0.353. The number of benzene rings is 1. The van der Waals surface area contributed by atoms with E-state index in [4.69, 9.17) is 21.4 Å². The third-order valence-corrected chi connectivity index (χ3v) is 3.61. The monoisotopic (exact) mass is 386 g/mol. The maximum absolute atomic E-state index is 12.9. The van der Waals surface area contributed by atoms with Crippen molar-refractivity contribution >= 4 is 29.6 Å². The van der Waals surface area contributed by atoms with Gasteiger partial charge in [0.2, 0.25) is 0 Å². The molecule has 0 atom stereocenters. The summed E-state index contributed by atoms with van der Waals surface area (Å²) in [7, 11) is 0. The van der Waals surface area contributed by atoms with Crippen LogP contribution >= 0.6 is 11.6 Å². The summed E-state index contributed by atoms with van der Waals surface area (Å²) in [4.78, 5) is 33.7. The van der Waals surface area contributed by atoms with E-state index in [1.54, 1.807) is 0 Å². The lowest BCUT2D eigenvalue weighted by atomic mass is 10.2. The molecule has 0 aliphatic heterocycles. The molecule has 0 spiro atoms. The average molecular weight is 387 g/mol. The number of nitrogens with one attached hydrogen (secondary N) is 2. The summed E-state index contributed by atoms with van der Waals surface area (Å²) in [5.74, 6) is -1.93. The molecule has 0 unspecified atom stereocenters. The summed E-state index contributed by atoms with van der Waals surface area (Å²) in [6.07, 6.45) is 0.994. The maximum atomic E-state index is 12.9. The van der Waals surface area contributed by atoms with Crippen LogP contribution in [0.4, 0.5) is 9.18 Å². The molecular weight excluding hydrogens is 367 g/mol. The quantitative estimate of drug-likeness (QED) is 0.423. The number of carboxylic acid groups (broad SMARTS) is 1. The number of amides is 2. The third kappa shape index (κ3) is 8.48. The fourth-order valence-corrected chi connectivity index (χ4v) is 2.11. The van der Waals surface area contributed by atoms with Gasteiger partial charge >= 0.3 is 12.1 Å². The summed E-state index contributed by atoms with van der Waals surface area (Å²) in [5, 5.41) is 13.4. The van der Waals surface area contributed by atoms with Crippen molar-refractivity contribution < 1.29 is 28.6 Å². The Morgan fingerprint density at radius 3 is 2.62 bits per heavy atom. The highest BCUT2D eigenvalue weighted by Gasteiger charge is 2.12. The zero-order valence-corrected chi connectivity index (χ0v) is 14.8. The van der Waals surface area contributed by atoms with Gasteiger partial charge in [-0.05, 0) is 25.0 Å². The summed E-state index contributed by atoms with van der Waals surface area (Å²) in [6, 6.07) is 3.67. The topological polar surface area (TPSA) is 105 Å². The molecule has 1 aromatic rings. The SMILES string of the molecule is C=C(NC(=O)OCc1ccc(F)cc1Cl)C(=O)NCCCCCC(=O)O. The highest BCUT2D eigenvalue weighted by Crippen LogP contribution is 2.18. The number of rotatable bonds is 10. The zero-order chi connectivity index (χ0) is 19.5. The van der Waals surface area contributed by atoms with Crippen LogP contribution in [0.2, 0.25) is 5.02 Å². The molecule has 0 aliphatic rings. The molecule has 7 nitrogen and oxygen atoms in total. The van der Waals surface area contributed by atoms with E-state index in [0.717, 1.165) is 6.07 Å². The van der Waals surface area contributed by atoms with Crippen LogP contribution in [0.15, 0.2) is 30.5 Å². The Morgan fingerprint density at radius 1 is 1.23 bits per heavy atom. The molecular formula is C17H20ClFN2O5. The Bertz CT molecular complexity index is 681. The molecule has 0 radical (unpaired) electrons. The number of carbonyl (C=O) groups excluding carboxylic acids is 2. The van der Waals surface area contributed by atoms with Crippen molar-refractivity contribution in [2.75, 3.05) is 6.54 Å². The first-order valence-corrected chi connectivity index (χ1v) is 8.24. The minimum Gasteiger partial charge on any atom is -0.481 e. The van der Waals surface area contributed by atoms with E-state index in [1.807, 2.05) is 0 Å². The van der Waals surface area contributed by atoms with Crippen LogP contribution in [0.5, 0.6) is 0 Å². The summed E-state index contributed by atoms with van der Waals surface area (Å²) < 4.78 is 17.8. The number of ether oxygens (including phenoxy) is 1. The summed E-state index contributed by atoms with van der Waals surface area (Å²) in [5.41, 5.74) is 0.227. The number of halogens is 2. The second-order valence-corrected chi connectivity index (χ2v) is 5.78. The van der Waals surface area contributed by atoms with Gasteiger partial charge in [0, 0.05) is 18.5 Å². The molecule has 1 rings (SSSR count). The Kier molecular flexibility index (Phi) is 9.14. The number of carboxylic acids is 1. The molecule has 142 valence electrons. The van der Waals surface area contributed by atoms with Crippen molar-refractivity contribution in [1.29, 1.82) is 0 Å². The van der Waals surface area contributed by atoms with Crippen LogP contribution in [0.1, 0.15) is 31.2 Å². The van der Waals surface area contributed by atoms with Crippen molar-refractivity contribution in [2.24, 2.45) is 0 Å². The predicted molar refractivity (Wildman–Crippen MR) is 93.0 cm³/mol. The second kappa shape index (κ2) is 11.1. The standard InChI is InChI=1S/C17H20ClFN2O5/c1-11(16(24)20-8-4-2-3-5-15(22)23)21-17(25)26-10-12-6-7-13(19)9-14(12)18/h6-7,9H,1-5,8,10H2,(H,20,24)(H,21,25)(H,22,23). The lowest BCUT2D eigenvalue weighted by molar-refractivity contribution is -0.137. The number of carbonyl (C=O) groups is 3. The Morgan fingerprint density at radius 2 is 1.96 bits per heavy atom. The first kappa shape index (κ1) is 21.4. The van der Waals surface area contributed by atoms with Gasteiger partial charge in [0.05, 0.1) is 5.02 Å². The number of unbranched alkanes of at least 4 members (excludes halogenated alkanes) is 2. The minimum atomic E-state index is -0.896. The lowest BCUT2D eigenvalue weighted by Crippen LogP contribution is -2.35. The van der Waals surface area contributed by atoms with Crippen molar-refractivity contribution in [3.8, 4) is 0 Å². The fourth-order valence-electron chi connectivity index (χ4n) is 1.88. The van der Waals surface area contributed by atoms with Crippen LogP contribution in [-0.4, -0.2) is 29.6 Å². The normalized spacial score (nSPS) is 10.1. The van der Waals surface area contributed by atoms with Crippen molar-refractivity contribution in [2.45, 2.75) is 32.3 Å². The molecule has 2 amide bonds. The molecule has 0 fully saturated rings. The molecule has 3 N–H and O–H groups in total. The lowest BCUT2D eigenvalue weighted by Gasteiger charge is -2.10. The molecule has 0 heterocycles. The van der Waals surface area contributed by atoms with Gasteiger partial charge in [-0.15, -0.1) is 0 Å². The highest BCUT2D eigenvalue weighted by atomic mass is 35.5. The second-order valence-electron chi connectivity index (χ2n) is 5.38. The first-order chi connectivity index (χ1) is 12.3. The average Bonchev–Trinajstić information content (AvgIpc) is 2.56. The van der Waals surface area contributed by atoms with Crippen LogP contribution in [0, 0.1) is 5.82 Å². The molecule has 0 bridgehead atoms. The maximum Gasteiger partial charge on any atom is 0.412 e. The van der Waals surface area contributed by atoms with E-state index in [1.165, 1.54) is 12.1 Å². The van der Waals surface area contributed by atoms with E-state index < -0.39 is 23.8 Å². The Hall–Kier alpha value is -2.61. The summed E-state index contributed by atoms with van der Waals surface area (Å²) in [6.45, 7) is 3.58. The van der Waals surface area contributed by atoms with Gasteiger partial charge in [0.1, 0.15) is 18.1 Å². The van der Waals surface area contributed by atoms with Crippen LogP contribution in [0.25, 0.3) is 0 Å². The van der Waals surface area contributed by atoms with Gasteiger partial charge in [-0.1, -0.05) is 30.7 Å². The minimum absolute atomic E-state index is 0.0894. The van der Waals surface area contributed by atoms with Crippen LogP contribution < -0.4 is 10.6 Å². The van der Waals surface area contributed by atoms with E-state index in [2.05, 4.69) is 17.2 Å². The molecule has 26 heavy (non-hydrogen) atoms. The molecule has 0 aliphatic carbocycles. The molecule has 9 heteroatoms. The van der Waals surface area contributed by atoms with Gasteiger partial charge in [-0.25, -0.2) is 9.18 Å². The largest absolute Gasteiger partial charge is 0.481 e. The smallest absolute Gasteiger partial charge is 0.412 e. The number of hydrogen-bond acceptors (Lipinski definition) is 4. The number of alkyl carbamates (subject to hydrolysis) is 1. The Labute approximate surface area is 155 Å². The van der Waals surface area contributed by atoms with Gasteiger partial charge < -0.3 is 15.2 Å². The molecule has 1 aromatic carbocycles. The highest BCUT2D eigenvalue weighted by molar-refractivity contribution is 6.31. The number of aliphatic carboxylic acids is 1. The van der Waals surface area contributed by atoms with E-state index in [9.17, 15) is 18.8 Å². The van der Waals surface area contributed by atoms with Crippen molar-refractivity contribution in [1.82, 2.24) is 10.6 Å². The van der Waals surface area contributed by atoms with Crippen LogP contribution in [-0.2, 0) is 20.9 Å². The Balaban J connectivity index is 2.25. The zero-order valence-electron chi connectivity index (χ0n) is 14.0. The van der Waals surface area contributed by atoms with Gasteiger partial charge in [0.25, 0.3) is 5.91 Å². The first-order valence-electron chi connectivity index (χ1n) is 7.86. The van der Waals surface area contributed by atoms with Gasteiger partial charge in [-0.2, -0.15) is 0 Å². The van der Waals surface area contributed by atoms with Crippen molar-refractivity contribution in [3.63, 3.8) is 0 Å². The number of hydrogen-bond donors (Lipinski definition) is 3.